The van der Waals surface area contributed by atoms with Crippen molar-refractivity contribution in [2.24, 2.45) is 0 Å². The number of benzene rings is 2. The zero-order chi connectivity index (χ0) is 20.1. The molecule has 28 heavy (non-hydrogen) atoms. The molecule has 0 saturated carbocycles. The molecule has 0 unspecified atom stereocenters. The van der Waals surface area contributed by atoms with Gasteiger partial charge in [0.2, 0.25) is 11.1 Å². The van der Waals surface area contributed by atoms with E-state index in [9.17, 15) is 9.59 Å². The molecule has 0 saturated heterocycles. The van der Waals surface area contributed by atoms with Crippen LogP contribution in [0.15, 0.2) is 52.1 Å². The lowest BCUT2D eigenvalue weighted by molar-refractivity contribution is -0.117. The molecule has 0 spiro atoms. The average molecular weight is 460 g/mol. The normalized spacial score (nSPS) is 10.5. The number of aryl methyl sites for hydroxylation is 2. The highest BCUT2D eigenvalue weighted by molar-refractivity contribution is 9.10. The van der Waals surface area contributed by atoms with Crippen LogP contribution in [-0.2, 0) is 4.79 Å². The van der Waals surface area contributed by atoms with Gasteiger partial charge in [-0.3, -0.25) is 15.2 Å². The summed E-state index contributed by atoms with van der Waals surface area (Å²) in [4.78, 5) is 28.3. The quantitative estimate of drug-likeness (QED) is 0.494. The van der Waals surface area contributed by atoms with Crippen LogP contribution < -0.4 is 10.6 Å². The van der Waals surface area contributed by atoms with Gasteiger partial charge in [0.25, 0.3) is 0 Å². The number of thioether (sulfide) groups is 1. The van der Waals surface area contributed by atoms with Crippen LogP contribution in [0.5, 0.6) is 0 Å². The van der Waals surface area contributed by atoms with E-state index in [0.29, 0.717) is 16.7 Å². The van der Waals surface area contributed by atoms with Gasteiger partial charge >= 0.3 is 6.03 Å². The summed E-state index contributed by atoms with van der Waals surface area (Å²) < 4.78 is 0.892. The molecule has 3 N–H and O–H groups in total. The number of urea groups is 1. The van der Waals surface area contributed by atoms with Crippen LogP contribution in [0.2, 0.25) is 0 Å². The fraction of sp³-hybridized carbons (Fsp3) is 0.158. The van der Waals surface area contributed by atoms with Crippen molar-refractivity contribution in [1.82, 2.24) is 20.5 Å². The zero-order valence-corrected chi connectivity index (χ0v) is 17.6. The Labute approximate surface area is 174 Å². The Balaban J connectivity index is 1.51. The highest BCUT2D eigenvalue weighted by Crippen LogP contribution is 2.26. The first-order valence-electron chi connectivity index (χ1n) is 8.40. The van der Waals surface area contributed by atoms with E-state index < -0.39 is 11.9 Å². The maximum atomic E-state index is 12.0. The summed E-state index contributed by atoms with van der Waals surface area (Å²) in [5.74, 6) is 0.189. The largest absolute Gasteiger partial charge is 0.325 e. The minimum atomic E-state index is -0.572. The molecule has 3 aromatic rings. The van der Waals surface area contributed by atoms with Crippen LogP contribution in [-0.4, -0.2) is 32.9 Å². The van der Waals surface area contributed by atoms with Crippen molar-refractivity contribution < 1.29 is 9.59 Å². The molecule has 9 heteroatoms. The van der Waals surface area contributed by atoms with Crippen LogP contribution in [0.25, 0.3) is 11.4 Å². The van der Waals surface area contributed by atoms with E-state index in [1.54, 1.807) is 6.07 Å². The van der Waals surface area contributed by atoms with E-state index in [4.69, 9.17) is 0 Å². The van der Waals surface area contributed by atoms with Gasteiger partial charge in [-0.1, -0.05) is 52.0 Å². The van der Waals surface area contributed by atoms with E-state index in [-0.39, 0.29) is 5.75 Å². The van der Waals surface area contributed by atoms with Gasteiger partial charge in [0.05, 0.1) is 5.75 Å². The minimum Gasteiger partial charge on any atom is -0.308 e. The maximum absolute atomic E-state index is 12.0. The number of nitrogens with one attached hydrogen (secondary N) is 3. The first kappa shape index (κ1) is 20.1. The number of anilines is 1. The van der Waals surface area contributed by atoms with Crippen molar-refractivity contribution >= 4 is 45.3 Å². The average Bonchev–Trinajstić information content (AvgIpc) is 3.12. The second kappa shape index (κ2) is 9.03. The molecule has 0 radical (unpaired) electrons. The van der Waals surface area contributed by atoms with Gasteiger partial charge in [-0.25, -0.2) is 9.78 Å². The fourth-order valence-electron chi connectivity index (χ4n) is 2.36. The number of rotatable bonds is 5. The van der Waals surface area contributed by atoms with E-state index in [2.05, 4.69) is 41.7 Å². The number of nitrogens with zero attached hydrogens (tertiary/aromatic N) is 2. The van der Waals surface area contributed by atoms with Gasteiger partial charge in [-0.15, -0.1) is 5.10 Å². The SMILES string of the molecule is Cc1ccc(NC(=O)NC(=O)CSc2n[nH]c(-c3ccccc3Br)n2)cc1C. The Bertz CT molecular complexity index is 1020. The second-order valence-corrected chi connectivity index (χ2v) is 7.83. The molecule has 2 aromatic carbocycles. The fourth-order valence-corrected chi connectivity index (χ4v) is 3.43. The second-order valence-electron chi connectivity index (χ2n) is 6.04. The number of H-pyrrole nitrogens is 1. The van der Waals surface area contributed by atoms with Gasteiger partial charge in [0.15, 0.2) is 5.82 Å². The number of aromatic nitrogens is 3. The predicted octanol–water partition coefficient (Wildman–Crippen LogP) is 4.29. The molecular weight excluding hydrogens is 442 g/mol. The molecule has 1 aromatic heterocycles. The third-order valence-corrected chi connectivity index (χ3v) is 5.48. The summed E-state index contributed by atoms with van der Waals surface area (Å²) >= 11 is 4.61. The molecule has 0 aliphatic heterocycles. The minimum absolute atomic E-state index is 0.0214. The van der Waals surface area contributed by atoms with Crippen molar-refractivity contribution in [3.8, 4) is 11.4 Å². The molecule has 7 nitrogen and oxygen atoms in total. The number of imide groups is 1. The zero-order valence-electron chi connectivity index (χ0n) is 15.2. The summed E-state index contributed by atoms with van der Waals surface area (Å²) in [6.45, 7) is 3.95. The standard InChI is InChI=1S/C19H18BrN5O2S/c1-11-7-8-13(9-12(11)2)21-18(27)22-16(26)10-28-19-23-17(24-25-19)14-5-3-4-6-15(14)20/h3-9H,10H2,1-2H3,(H,23,24,25)(H2,21,22,26,27). The Morgan fingerprint density at radius 2 is 1.93 bits per heavy atom. The lowest BCUT2D eigenvalue weighted by Crippen LogP contribution is -2.35. The molecule has 1 heterocycles. The highest BCUT2D eigenvalue weighted by Gasteiger charge is 2.13. The smallest absolute Gasteiger partial charge is 0.308 e. The number of amides is 3. The van der Waals surface area contributed by atoms with Crippen LogP contribution >= 0.6 is 27.7 Å². The number of hydrogen-bond acceptors (Lipinski definition) is 5. The van der Waals surface area contributed by atoms with Crippen molar-refractivity contribution in [3.05, 3.63) is 58.1 Å². The molecule has 0 aliphatic carbocycles. The molecule has 0 fully saturated rings. The van der Waals surface area contributed by atoms with E-state index in [1.807, 2.05) is 50.2 Å². The van der Waals surface area contributed by atoms with E-state index >= 15 is 0 Å². The van der Waals surface area contributed by atoms with Crippen LogP contribution in [0.3, 0.4) is 0 Å². The van der Waals surface area contributed by atoms with E-state index in [1.165, 1.54) is 0 Å². The third kappa shape index (κ3) is 5.20. The topological polar surface area (TPSA) is 99.8 Å². The monoisotopic (exact) mass is 459 g/mol. The number of carbonyl (C=O) groups is 2. The Morgan fingerprint density at radius 1 is 1.14 bits per heavy atom. The van der Waals surface area contributed by atoms with Crippen molar-refractivity contribution in [2.45, 2.75) is 19.0 Å². The first-order chi connectivity index (χ1) is 13.4. The third-order valence-electron chi connectivity index (χ3n) is 3.94. The molecule has 144 valence electrons. The van der Waals surface area contributed by atoms with Crippen LogP contribution in [0.4, 0.5) is 10.5 Å². The molecule has 0 atom stereocenters. The Hall–Kier alpha value is -2.65. The van der Waals surface area contributed by atoms with Gasteiger partial charge in [0, 0.05) is 15.7 Å². The first-order valence-corrected chi connectivity index (χ1v) is 10.2. The van der Waals surface area contributed by atoms with Crippen LogP contribution in [0.1, 0.15) is 11.1 Å². The maximum Gasteiger partial charge on any atom is 0.325 e. The van der Waals surface area contributed by atoms with Gasteiger partial charge in [0.1, 0.15) is 0 Å². The summed E-state index contributed by atoms with van der Waals surface area (Å²) in [6, 6.07) is 12.6. The summed E-state index contributed by atoms with van der Waals surface area (Å²) in [5, 5.41) is 12.3. The number of hydrogen-bond donors (Lipinski definition) is 3. The van der Waals surface area contributed by atoms with Crippen molar-refractivity contribution in [2.75, 3.05) is 11.1 Å². The van der Waals surface area contributed by atoms with Crippen molar-refractivity contribution in [3.63, 3.8) is 0 Å². The number of carbonyl (C=O) groups excluding carboxylic acids is 2. The molecule has 0 aliphatic rings. The van der Waals surface area contributed by atoms with Gasteiger partial charge < -0.3 is 5.32 Å². The van der Waals surface area contributed by atoms with Gasteiger partial charge in [-0.05, 0) is 43.2 Å². The lowest BCUT2D eigenvalue weighted by atomic mass is 10.1. The number of aromatic amines is 1. The summed E-state index contributed by atoms with van der Waals surface area (Å²) in [6.07, 6.45) is 0. The van der Waals surface area contributed by atoms with Crippen molar-refractivity contribution in [1.29, 1.82) is 0 Å². The number of halogens is 1. The summed E-state index contributed by atoms with van der Waals surface area (Å²) in [7, 11) is 0. The molecule has 0 bridgehead atoms. The van der Waals surface area contributed by atoms with Gasteiger partial charge in [-0.2, -0.15) is 0 Å². The lowest BCUT2D eigenvalue weighted by Gasteiger charge is -2.08. The molecule has 3 amide bonds. The molecule has 3 rings (SSSR count). The summed E-state index contributed by atoms with van der Waals surface area (Å²) in [5.41, 5.74) is 3.70. The predicted molar refractivity (Wildman–Crippen MR) is 113 cm³/mol. The van der Waals surface area contributed by atoms with E-state index in [0.717, 1.165) is 32.9 Å². The highest BCUT2D eigenvalue weighted by atomic mass is 79.9. The van der Waals surface area contributed by atoms with Crippen LogP contribution in [0, 0.1) is 13.8 Å². The Morgan fingerprint density at radius 3 is 2.68 bits per heavy atom. The molecular formula is C19H18BrN5O2S. The Kier molecular flexibility index (Phi) is 6.48.